The van der Waals surface area contributed by atoms with Gasteiger partial charge < -0.3 is 15.8 Å². The van der Waals surface area contributed by atoms with Gasteiger partial charge in [-0.2, -0.15) is 0 Å². The summed E-state index contributed by atoms with van der Waals surface area (Å²) in [5, 5.41) is 3.46. The van der Waals surface area contributed by atoms with Gasteiger partial charge >= 0.3 is 0 Å². The van der Waals surface area contributed by atoms with E-state index in [2.05, 4.69) is 24.1 Å². The molecule has 0 aliphatic rings. The molecule has 0 aliphatic carbocycles. The normalized spacial score (nSPS) is 14.4. The van der Waals surface area contributed by atoms with Gasteiger partial charge in [0.25, 0.3) is 0 Å². The van der Waals surface area contributed by atoms with Gasteiger partial charge in [0.05, 0.1) is 12.1 Å². The Morgan fingerprint density at radius 1 is 1.39 bits per heavy atom. The Morgan fingerprint density at radius 3 is 2.72 bits per heavy atom. The molecule has 3 N–H and O–H groups in total. The first-order chi connectivity index (χ1) is 8.74. The van der Waals surface area contributed by atoms with E-state index in [0.29, 0.717) is 6.61 Å². The number of anilines is 1. The van der Waals surface area contributed by atoms with E-state index >= 15 is 0 Å². The van der Waals surface area contributed by atoms with Crippen molar-refractivity contribution in [3.8, 4) is 0 Å². The number of nitrogens with zero attached hydrogens (tertiary/aromatic N) is 1. The molecule has 4 heteroatoms. The number of hydrogen-bond donors (Lipinski definition) is 2. The van der Waals surface area contributed by atoms with E-state index in [9.17, 15) is 0 Å². The van der Waals surface area contributed by atoms with Crippen LogP contribution >= 0.6 is 0 Å². The van der Waals surface area contributed by atoms with Crippen molar-refractivity contribution in [2.45, 2.75) is 45.8 Å². The van der Waals surface area contributed by atoms with Gasteiger partial charge in [-0.3, -0.25) is 4.98 Å². The van der Waals surface area contributed by atoms with Gasteiger partial charge in [-0.05, 0) is 26.0 Å². The molecule has 0 aromatic carbocycles. The summed E-state index contributed by atoms with van der Waals surface area (Å²) >= 11 is 0. The summed E-state index contributed by atoms with van der Waals surface area (Å²) in [6.45, 7) is 7.88. The lowest BCUT2D eigenvalue weighted by atomic mass is 9.98. The molecule has 1 heterocycles. The summed E-state index contributed by atoms with van der Waals surface area (Å²) < 4.78 is 5.86. The van der Waals surface area contributed by atoms with Crippen molar-refractivity contribution in [2.24, 2.45) is 0 Å². The van der Waals surface area contributed by atoms with Crippen LogP contribution in [0.25, 0.3) is 0 Å². The average Bonchev–Trinajstić information content (AvgIpc) is 2.37. The summed E-state index contributed by atoms with van der Waals surface area (Å²) in [6.07, 6.45) is 5.81. The van der Waals surface area contributed by atoms with Crippen LogP contribution in [0, 0.1) is 0 Å². The summed E-state index contributed by atoms with van der Waals surface area (Å²) in [4.78, 5) is 4.18. The van der Waals surface area contributed by atoms with Crippen molar-refractivity contribution in [3.63, 3.8) is 0 Å². The predicted octanol–water partition coefficient (Wildman–Crippen LogP) is 2.52. The largest absolute Gasteiger partial charge is 0.398 e. The number of nitrogens with two attached hydrogens (primary N) is 1. The van der Waals surface area contributed by atoms with Crippen molar-refractivity contribution in [1.29, 1.82) is 0 Å². The molecule has 2 unspecified atom stereocenters. The second kappa shape index (κ2) is 8.06. The Balaban J connectivity index is 2.95. The lowest BCUT2D eigenvalue weighted by Gasteiger charge is -2.28. The molecule has 0 bridgehead atoms. The fourth-order valence-electron chi connectivity index (χ4n) is 2.18. The van der Waals surface area contributed by atoms with E-state index < -0.39 is 0 Å². The Hall–Kier alpha value is -1.13. The quantitative estimate of drug-likeness (QED) is 0.745. The van der Waals surface area contributed by atoms with E-state index in [1.54, 1.807) is 6.20 Å². The van der Waals surface area contributed by atoms with Gasteiger partial charge in [0.1, 0.15) is 0 Å². The number of hydrogen-bond acceptors (Lipinski definition) is 4. The van der Waals surface area contributed by atoms with Gasteiger partial charge in [0.2, 0.25) is 0 Å². The van der Waals surface area contributed by atoms with Crippen LogP contribution < -0.4 is 11.1 Å². The second-order valence-corrected chi connectivity index (χ2v) is 4.32. The molecule has 1 aromatic heterocycles. The molecule has 18 heavy (non-hydrogen) atoms. The van der Waals surface area contributed by atoms with Crippen LogP contribution in [0.3, 0.4) is 0 Å². The summed E-state index contributed by atoms with van der Waals surface area (Å²) in [5.41, 5.74) is 7.85. The van der Waals surface area contributed by atoms with E-state index in [4.69, 9.17) is 10.5 Å². The number of likely N-dealkylation sites (N-methyl/N-ethyl adjacent to an activating group) is 1. The standard InChI is InChI=1S/C14H25N3O/c1-4-7-13(18-6-3)14(17-5-2)11-10-16-9-8-12(11)15/h8-10,13-14,17H,4-7H2,1-3H3,(H2,15,16). The van der Waals surface area contributed by atoms with E-state index in [0.717, 1.165) is 30.6 Å². The number of pyridine rings is 1. The Kier molecular flexibility index (Phi) is 6.68. The minimum absolute atomic E-state index is 0.114. The van der Waals surface area contributed by atoms with Crippen LogP contribution in [0.2, 0.25) is 0 Å². The number of rotatable bonds is 8. The fraction of sp³-hybridized carbons (Fsp3) is 0.643. The minimum atomic E-state index is 0.114. The van der Waals surface area contributed by atoms with Crippen LogP contribution in [-0.2, 0) is 4.74 Å². The molecule has 0 amide bonds. The number of aromatic nitrogens is 1. The van der Waals surface area contributed by atoms with E-state index in [-0.39, 0.29) is 12.1 Å². The van der Waals surface area contributed by atoms with Crippen molar-refractivity contribution < 1.29 is 4.74 Å². The van der Waals surface area contributed by atoms with Gasteiger partial charge in [-0.25, -0.2) is 0 Å². The molecular weight excluding hydrogens is 226 g/mol. The van der Waals surface area contributed by atoms with Crippen molar-refractivity contribution in [2.75, 3.05) is 18.9 Å². The van der Waals surface area contributed by atoms with Crippen LogP contribution in [0.1, 0.15) is 45.2 Å². The highest BCUT2D eigenvalue weighted by Gasteiger charge is 2.24. The smallest absolute Gasteiger partial charge is 0.0770 e. The highest BCUT2D eigenvalue weighted by atomic mass is 16.5. The number of ether oxygens (including phenoxy) is 1. The molecule has 1 aromatic rings. The van der Waals surface area contributed by atoms with Crippen LogP contribution in [0.15, 0.2) is 18.5 Å². The number of nitrogen functional groups attached to an aromatic ring is 1. The molecule has 0 saturated heterocycles. The first kappa shape index (κ1) is 14.9. The summed E-state index contributed by atoms with van der Waals surface area (Å²) in [7, 11) is 0. The lowest BCUT2D eigenvalue weighted by molar-refractivity contribution is 0.0281. The zero-order valence-corrected chi connectivity index (χ0v) is 11.6. The molecule has 0 spiro atoms. The molecule has 1 rings (SSSR count). The highest BCUT2D eigenvalue weighted by molar-refractivity contribution is 5.46. The van der Waals surface area contributed by atoms with Crippen molar-refractivity contribution >= 4 is 5.69 Å². The molecule has 102 valence electrons. The van der Waals surface area contributed by atoms with Gasteiger partial charge in [-0.1, -0.05) is 20.3 Å². The van der Waals surface area contributed by atoms with Crippen molar-refractivity contribution in [1.82, 2.24) is 10.3 Å². The maximum atomic E-state index is 6.05. The van der Waals surface area contributed by atoms with Crippen LogP contribution in [0.4, 0.5) is 5.69 Å². The summed E-state index contributed by atoms with van der Waals surface area (Å²) in [5.74, 6) is 0. The average molecular weight is 251 g/mol. The minimum Gasteiger partial charge on any atom is -0.398 e. The third-order valence-electron chi connectivity index (χ3n) is 2.97. The van der Waals surface area contributed by atoms with Crippen molar-refractivity contribution in [3.05, 3.63) is 24.0 Å². The molecule has 0 aliphatic heterocycles. The zero-order valence-electron chi connectivity index (χ0n) is 11.6. The Morgan fingerprint density at radius 2 is 2.17 bits per heavy atom. The predicted molar refractivity (Wildman–Crippen MR) is 75.4 cm³/mol. The van der Waals surface area contributed by atoms with Gasteiger partial charge in [0.15, 0.2) is 0 Å². The monoisotopic (exact) mass is 251 g/mol. The molecule has 4 nitrogen and oxygen atoms in total. The highest BCUT2D eigenvalue weighted by Crippen LogP contribution is 2.26. The molecule has 0 saturated carbocycles. The van der Waals surface area contributed by atoms with Crippen LogP contribution in [-0.4, -0.2) is 24.2 Å². The third-order valence-corrected chi connectivity index (χ3v) is 2.97. The first-order valence-electron chi connectivity index (χ1n) is 6.78. The maximum absolute atomic E-state index is 6.05. The second-order valence-electron chi connectivity index (χ2n) is 4.32. The topological polar surface area (TPSA) is 60.2 Å². The Labute approximate surface area is 110 Å². The van der Waals surface area contributed by atoms with E-state index in [1.165, 1.54) is 0 Å². The lowest BCUT2D eigenvalue weighted by Crippen LogP contribution is -2.34. The maximum Gasteiger partial charge on any atom is 0.0770 e. The third kappa shape index (κ3) is 3.96. The number of nitrogens with one attached hydrogen (secondary N) is 1. The molecule has 2 atom stereocenters. The summed E-state index contributed by atoms with van der Waals surface area (Å²) in [6, 6.07) is 1.96. The Bertz CT molecular complexity index is 338. The first-order valence-corrected chi connectivity index (χ1v) is 6.78. The zero-order chi connectivity index (χ0) is 13.4. The van der Waals surface area contributed by atoms with E-state index in [1.807, 2.05) is 19.2 Å². The molecular formula is C14H25N3O. The fourth-order valence-corrected chi connectivity index (χ4v) is 2.18. The molecule has 0 fully saturated rings. The van der Waals surface area contributed by atoms with Crippen LogP contribution in [0.5, 0.6) is 0 Å². The van der Waals surface area contributed by atoms with Gasteiger partial charge in [0, 0.05) is 30.3 Å². The SMILES string of the molecule is CCCC(OCC)C(NCC)c1cnccc1N. The molecule has 0 radical (unpaired) electrons. The van der Waals surface area contributed by atoms with Gasteiger partial charge in [-0.15, -0.1) is 0 Å².